The lowest BCUT2D eigenvalue weighted by atomic mass is 10.1. The van der Waals surface area contributed by atoms with Gasteiger partial charge in [-0.1, -0.05) is 0 Å². The number of hydrogen-bond acceptors (Lipinski definition) is 6. The number of nitrogens with zero attached hydrogens (tertiary/aromatic N) is 2. The summed E-state index contributed by atoms with van der Waals surface area (Å²) in [4.78, 5) is 4.58. The first-order valence-electron chi connectivity index (χ1n) is 8.55. The van der Waals surface area contributed by atoms with Gasteiger partial charge < -0.3 is 19.9 Å². The predicted molar refractivity (Wildman–Crippen MR) is 112 cm³/mol. The van der Waals surface area contributed by atoms with Crippen LogP contribution in [0.2, 0.25) is 0 Å². The second-order valence-electron chi connectivity index (χ2n) is 6.63. The van der Waals surface area contributed by atoms with Crippen LogP contribution in [-0.4, -0.2) is 65.8 Å². The van der Waals surface area contributed by atoms with E-state index in [4.69, 9.17) is 4.74 Å². The smallest absolute Gasteiger partial charge is 0.153 e. The Morgan fingerprint density at radius 3 is 2.50 bits per heavy atom. The average Bonchev–Trinajstić information content (AvgIpc) is 2.56. The molecule has 2 fully saturated rings. The highest BCUT2D eigenvalue weighted by molar-refractivity contribution is 7.91. The number of ether oxygens (including phenoxy) is 1. The molecule has 1 aromatic carbocycles. The first-order chi connectivity index (χ1) is 11.5. The highest BCUT2D eigenvalue weighted by Gasteiger charge is 2.24. The molecule has 2 aliphatic rings. The van der Waals surface area contributed by atoms with E-state index in [-0.39, 0.29) is 36.3 Å². The molecule has 0 amide bonds. The summed E-state index contributed by atoms with van der Waals surface area (Å²) >= 11 is 0. The van der Waals surface area contributed by atoms with Crippen molar-refractivity contribution in [1.29, 1.82) is 0 Å². The highest BCUT2D eigenvalue weighted by atomic mass is 35.5. The van der Waals surface area contributed by atoms with Crippen LogP contribution in [0.3, 0.4) is 0 Å². The second kappa shape index (κ2) is 9.99. The summed E-state index contributed by atoms with van der Waals surface area (Å²) in [7, 11) is -1.17. The Balaban J connectivity index is 0.00000169. The molecule has 1 atom stereocenters. The molecule has 2 aliphatic heterocycles. The van der Waals surface area contributed by atoms with Crippen molar-refractivity contribution in [2.45, 2.75) is 19.6 Å². The first kappa shape index (κ1) is 23.3. The van der Waals surface area contributed by atoms with Crippen molar-refractivity contribution < 1.29 is 13.2 Å². The van der Waals surface area contributed by atoms with E-state index < -0.39 is 9.84 Å². The normalized spacial score (nSPS) is 22.3. The minimum atomic E-state index is -2.87. The van der Waals surface area contributed by atoms with Gasteiger partial charge in [0.25, 0.3) is 0 Å². The van der Waals surface area contributed by atoms with E-state index in [1.807, 2.05) is 0 Å². The second-order valence-corrected chi connectivity index (χ2v) is 8.94. The molecule has 0 bridgehead atoms. The molecule has 3 rings (SSSR count). The van der Waals surface area contributed by atoms with E-state index >= 15 is 0 Å². The fraction of sp³-hybridized carbons (Fsp3) is 0.647. The number of anilines is 2. The number of nitrogens with one attached hydrogen (secondary N) is 1. The van der Waals surface area contributed by atoms with E-state index in [1.165, 1.54) is 5.69 Å². The summed E-state index contributed by atoms with van der Waals surface area (Å²) in [5, 5.41) is 3.41. The molecule has 0 unspecified atom stereocenters. The van der Waals surface area contributed by atoms with Gasteiger partial charge in [0.2, 0.25) is 0 Å². The van der Waals surface area contributed by atoms with Crippen LogP contribution in [0.15, 0.2) is 18.2 Å². The lowest BCUT2D eigenvalue weighted by Crippen LogP contribution is -2.50. The van der Waals surface area contributed by atoms with E-state index in [9.17, 15) is 8.42 Å². The molecule has 2 saturated heterocycles. The Morgan fingerprint density at radius 2 is 1.88 bits per heavy atom. The molecule has 0 saturated carbocycles. The molecule has 6 nitrogen and oxygen atoms in total. The van der Waals surface area contributed by atoms with Crippen molar-refractivity contribution in [3.8, 4) is 0 Å². The molecule has 0 aromatic heterocycles. The Labute approximate surface area is 169 Å². The summed E-state index contributed by atoms with van der Waals surface area (Å²) in [6.07, 6.45) is 0. The Hall–Kier alpha value is -0.730. The van der Waals surface area contributed by atoms with Crippen molar-refractivity contribution in [3.05, 3.63) is 23.8 Å². The van der Waals surface area contributed by atoms with Crippen molar-refractivity contribution in [2.75, 3.05) is 61.1 Å². The minimum absolute atomic E-state index is 0. The minimum Gasteiger partial charge on any atom is -0.380 e. The summed E-state index contributed by atoms with van der Waals surface area (Å²) in [5.41, 5.74) is 3.43. The SMILES string of the molecule is COCc1cc(N2CCNC[C@H]2C)ccc1N1CCS(=O)(=O)CC1.Cl.Cl. The van der Waals surface area contributed by atoms with Gasteiger partial charge in [0, 0.05) is 62.8 Å². The summed E-state index contributed by atoms with van der Waals surface area (Å²) in [6.45, 7) is 6.86. The van der Waals surface area contributed by atoms with E-state index in [0.29, 0.717) is 25.7 Å². The van der Waals surface area contributed by atoms with Gasteiger partial charge in [-0.2, -0.15) is 0 Å². The van der Waals surface area contributed by atoms with E-state index in [1.54, 1.807) is 7.11 Å². The standard InChI is InChI=1S/C17H27N3O3S.2ClH/c1-14-12-18-5-6-20(14)16-3-4-17(15(11-16)13-23-2)19-7-9-24(21,22)10-8-19;;/h3-4,11,14,18H,5-10,12-13H2,1-2H3;2*1H/t14-;;/m1../s1. The zero-order valence-electron chi connectivity index (χ0n) is 15.3. The fourth-order valence-electron chi connectivity index (χ4n) is 3.51. The third-order valence-electron chi connectivity index (χ3n) is 4.88. The molecule has 2 heterocycles. The molecule has 1 N–H and O–H groups in total. The molecule has 9 heteroatoms. The van der Waals surface area contributed by atoms with Gasteiger partial charge in [-0.05, 0) is 25.1 Å². The van der Waals surface area contributed by atoms with Gasteiger partial charge in [0.15, 0.2) is 9.84 Å². The maximum absolute atomic E-state index is 11.7. The molecular formula is C17H29Cl2N3O3S. The quantitative estimate of drug-likeness (QED) is 0.791. The summed E-state index contributed by atoms with van der Waals surface area (Å²) in [5.74, 6) is 0.464. The fourth-order valence-corrected chi connectivity index (χ4v) is 4.71. The number of piperazine rings is 1. The van der Waals surface area contributed by atoms with Crippen molar-refractivity contribution in [3.63, 3.8) is 0 Å². The van der Waals surface area contributed by atoms with Gasteiger partial charge in [0.05, 0.1) is 18.1 Å². The number of sulfone groups is 1. The third-order valence-corrected chi connectivity index (χ3v) is 6.49. The molecule has 0 aliphatic carbocycles. The Morgan fingerprint density at radius 1 is 1.19 bits per heavy atom. The maximum Gasteiger partial charge on any atom is 0.153 e. The van der Waals surface area contributed by atoms with Crippen LogP contribution < -0.4 is 15.1 Å². The lowest BCUT2D eigenvalue weighted by molar-refractivity contribution is 0.185. The third kappa shape index (κ3) is 5.39. The first-order valence-corrected chi connectivity index (χ1v) is 10.4. The number of methoxy groups -OCH3 is 1. The molecule has 150 valence electrons. The van der Waals surface area contributed by atoms with Crippen LogP contribution in [0.5, 0.6) is 0 Å². The van der Waals surface area contributed by atoms with Crippen molar-refractivity contribution >= 4 is 46.0 Å². The van der Waals surface area contributed by atoms with Crippen LogP contribution in [-0.2, 0) is 21.2 Å². The van der Waals surface area contributed by atoms with E-state index in [2.05, 4.69) is 40.2 Å². The average molecular weight is 426 g/mol. The number of hydrogen-bond donors (Lipinski definition) is 1. The van der Waals surface area contributed by atoms with Crippen LogP contribution >= 0.6 is 24.8 Å². The monoisotopic (exact) mass is 425 g/mol. The zero-order valence-corrected chi connectivity index (χ0v) is 17.8. The predicted octanol–water partition coefficient (Wildman–Crippen LogP) is 1.71. The Kier molecular flexibility index (Phi) is 8.96. The lowest BCUT2D eigenvalue weighted by Gasteiger charge is -2.37. The van der Waals surface area contributed by atoms with Gasteiger partial charge in [-0.3, -0.25) is 0 Å². The van der Waals surface area contributed by atoms with E-state index in [0.717, 1.165) is 30.9 Å². The molecule has 0 radical (unpaired) electrons. The van der Waals surface area contributed by atoms with Crippen LogP contribution in [0, 0.1) is 0 Å². The molecular weight excluding hydrogens is 397 g/mol. The largest absolute Gasteiger partial charge is 0.380 e. The highest BCUT2D eigenvalue weighted by Crippen LogP contribution is 2.29. The van der Waals surface area contributed by atoms with Gasteiger partial charge in [0.1, 0.15) is 0 Å². The topological polar surface area (TPSA) is 61.9 Å². The maximum atomic E-state index is 11.7. The van der Waals surface area contributed by atoms with Gasteiger partial charge >= 0.3 is 0 Å². The molecule has 26 heavy (non-hydrogen) atoms. The van der Waals surface area contributed by atoms with Gasteiger partial charge in [-0.15, -0.1) is 24.8 Å². The Bertz CT molecular complexity index is 674. The molecule has 1 aromatic rings. The van der Waals surface area contributed by atoms with Gasteiger partial charge in [-0.25, -0.2) is 8.42 Å². The number of rotatable bonds is 4. The molecule has 0 spiro atoms. The van der Waals surface area contributed by atoms with Crippen LogP contribution in [0.4, 0.5) is 11.4 Å². The summed E-state index contributed by atoms with van der Waals surface area (Å²) < 4.78 is 28.7. The van der Waals surface area contributed by atoms with Crippen LogP contribution in [0.25, 0.3) is 0 Å². The number of benzene rings is 1. The zero-order chi connectivity index (χ0) is 17.2. The van der Waals surface area contributed by atoms with Crippen LogP contribution in [0.1, 0.15) is 12.5 Å². The van der Waals surface area contributed by atoms with Crippen molar-refractivity contribution in [1.82, 2.24) is 5.32 Å². The van der Waals surface area contributed by atoms with Crippen molar-refractivity contribution in [2.24, 2.45) is 0 Å². The number of halogens is 2. The summed E-state index contributed by atoms with van der Waals surface area (Å²) in [6, 6.07) is 6.93.